The van der Waals surface area contributed by atoms with Crippen molar-refractivity contribution >= 4 is 33.4 Å². The summed E-state index contributed by atoms with van der Waals surface area (Å²) in [6, 6.07) is 5.14. The maximum absolute atomic E-state index is 11.8. The maximum Gasteiger partial charge on any atom is 0.252 e. The number of nitrogens with one attached hydrogen (secondary N) is 1. The lowest BCUT2D eigenvalue weighted by Gasteiger charge is -2.11. The molecule has 1 rings (SSSR count). The first-order chi connectivity index (χ1) is 7.54. The van der Waals surface area contributed by atoms with Gasteiger partial charge in [0, 0.05) is 17.1 Å². The Morgan fingerprint density at radius 2 is 2.31 bits per heavy atom. The number of amides is 1. The van der Waals surface area contributed by atoms with E-state index in [1.54, 1.807) is 18.2 Å². The molecule has 0 saturated heterocycles. The third kappa shape index (κ3) is 3.77. The highest BCUT2D eigenvalue weighted by molar-refractivity contribution is 9.10. The number of hydrogen-bond donors (Lipinski definition) is 2. The van der Waals surface area contributed by atoms with Crippen molar-refractivity contribution in [2.45, 2.75) is 19.4 Å². The van der Waals surface area contributed by atoms with Crippen molar-refractivity contribution in [1.82, 2.24) is 5.32 Å². The largest absolute Gasteiger partial charge is 0.350 e. The first-order valence-electron chi connectivity index (χ1n) is 5.03. The van der Waals surface area contributed by atoms with Crippen molar-refractivity contribution in [2.75, 3.05) is 6.54 Å². The van der Waals surface area contributed by atoms with Gasteiger partial charge in [-0.1, -0.05) is 34.5 Å². The predicted octanol–water partition coefficient (Wildman–Crippen LogP) is 2.57. The summed E-state index contributed by atoms with van der Waals surface area (Å²) >= 11 is 9.22. The third-order valence-corrected chi connectivity index (χ3v) is 3.05. The molecule has 88 valence electrons. The summed E-state index contributed by atoms with van der Waals surface area (Å²) in [4.78, 5) is 11.8. The van der Waals surface area contributed by atoms with Crippen LogP contribution in [-0.2, 0) is 0 Å². The van der Waals surface area contributed by atoms with Crippen molar-refractivity contribution in [3.63, 3.8) is 0 Å². The lowest BCUT2D eigenvalue weighted by Crippen LogP contribution is -2.36. The summed E-state index contributed by atoms with van der Waals surface area (Å²) < 4.78 is 0.821. The van der Waals surface area contributed by atoms with Crippen LogP contribution in [0.2, 0.25) is 5.02 Å². The lowest BCUT2D eigenvalue weighted by molar-refractivity contribution is 0.0951. The Hall–Kier alpha value is -0.580. The van der Waals surface area contributed by atoms with Gasteiger partial charge >= 0.3 is 0 Å². The van der Waals surface area contributed by atoms with Gasteiger partial charge in [0.15, 0.2) is 0 Å². The lowest BCUT2D eigenvalue weighted by atomic mass is 10.2. The van der Waals surface area contributed by atoms with Crippen molar-refractivity contribution in [3.8, 4) is 0 Å². The highest BCUT2D eigenvalue weighted by Crippen LogP contribution is 2.20. The minimum atomic E-state index is -0.199. The van der Waals surface area contributed by atoms with Gasteiger partial charge in [-0.2, -0.15) is 0 Å². The van der Waals surface area contributed by atoms with E-state index in [4.69, 9.17) is 17.3 Å². The Bertz CT molecular complexity index is 384. The average Bonchev–Trinajstić information content (AvgIpc) is 2.28. The number of carbonyl (C=O) groups is 1. The molecule has 0 heterocycles. The quantitative estimate of drug-likeness (QED) is 0.898. The molecule has 0 aliphatic carbocycles. The molecule has 0 saturated carbocycles. The molecule has 16 heavy (non-hydrogen) atoms. The number of rotatable bonds is 4. The van der Waals surface area contributed by atoms with Gasteiger partial charge in [-0.25, -0.2) is 0 Å². The van der Waals surface area contributed by atoms with E-state index in [1.165, 1.54) is 0 Å². The van der Waals surface area contributed by atoms with Crippen LogP contribution < -0.4 is 11.1 Å². The molecule has 0 aliphatic rings. The first kappa shape index (κ1) is 13.5. The van der Waals surface area contributed by atoms with Gasteiger partial charge in [0.05, 0.1) is 10.6 Å². The molecule has 1 aromatic carbocycles. The zero-order chi connectivity index (χ0) is 12.1. The van der Waals surface area contributed by atoms with Gasteiger partial charge in [-0.3, -0.25) is 4.79 Å². The molecule has 0 radical (unpaired) electrons. The fourth-order valence-corrected chi connectivity index (χ4v) is 1.70. The minimum Gasteiger partial charge on any atom is -0.350 e. The Balaban J connectivity index is 2.69. The van der Waals surface area contributed by atoms with Gasteiger partial charge < -0.3 is 11.1 Å². The molecule has 1 amide bonds. The van der Waals surface area contributed by atoms with E-state index in [1.807, 2.05) is 6.92 Å². The van der Waals surface area contributed by atoms with Gasteiger partial charge in [0.25, 0.3) is 5.91 Å². The summed E-state index contributed by atoms with van der Waals surface area (Å²) in [5, 5.41) is 3.18. The van der Waals surface area contributed by atoms with Gasteiger partial charge in [-0.15, -0.1) is 0 Å². The number of halogens is 2. The number of hydrogen-bond acceptors (Lipinski definition) is 2. The van der Waals surface area contributed by atoms with Crippen LogP contribution in [0.1, 0.15) is 23.7 Å². The molecule has 5 heteroatoms. The zero-order valence-corrected chi connectivity index (χ0v) is 11.3. The normalized spacial score (nSPS) is 12.2. The summed E-state index contributed by atoms with van der Waals surface area (Å²) in [7, 11) is 0. The summed E-state index contributed by atoms with van der Waals surface area (Å²) in [6.07, 6.45) is 0.826. The van der Waals surface area contributed by atoms with Crippen molar-refractivity contribution in [1.29, 1.82) is 0 Å². The summed E-state index contributed by atoms with van der Waals surface area (Å²) in [6.45, 7) is 2.43. The van der Waals surface area contributed by atoms with Crippen molar-refractivity contribution in [3.05, 3.63) is 33.3 Å². The molecule has 1 atom stereocenters. The van der Waals surface area contributed by atoms with Crippen LogP contribution in [0.15, 0.2) is 22.7 Å². The number of carbonyl (C=O) groups excluding carboxylic acids is 1. The second-order valence-corrected chi connectivity index (χ2v) is 4.83. The average molecular weight is 306 g/mol. The first-order valence-corrected chi connectivity index (χ1v) is 6.20. The number of benzene rings is 1. The second-order valence-electron chi connectivity index (χ2n) is 3.50. The van der Waals surface area contributed by atoms with E-state index in [0.717, 1.165) is 10.9 Å². The van der Waals surface area contributed by atoms with Crippen LogP contribution in [0, 0.1) is 0 Å². The Labute approximate surface area is 108 Å². The van der Waals surface area contributed by atoms with Crippen LogP contribution >= 0.6 is 27.5 Å². The highest BCUT2D eigenvalue weighted by atomic mass is 79.9. The SMILES string of the molecule is CCC(N)CNC(=O)c1cc(Br)ccc1Cl. The fourth-order valence-electron chi connectivity index (χ4n) is 1.13. The van der Waals surface area contributed by atoms with Crippen LogP contribution in [-0.4, -0.2) is 18.5 Å². The van der Waals surface area contributed by atoms with E-state index in [9.17, 15) is 4.79 Å². The molecule has 0 spiro atoms. The van der Waals surface area contributed by atoms with Crippen LogP contribution in [0.5, 0.6) is 0 Å². The van der Waals surface area contributed by atoms with Crippen LogP contribution in [0.3, 0.4) is 0 Å². The molecule has 0 aliphatic heterocycles. The Kier molecular flexibility index (Phi) is 5.25. The molecule has 0 fully saturated rings. The van der Waals surface area contributed by atoms with Crippen molar-refractivity contribution < 1.29 is 4.79 Å². The Morgan fingerprint density at radius 3 is 2.94 bits per heavy atom. The topological polar surface area (TPSA) is 55.1 Å². The van der Waals surface area contributed by atoms with Crippen LogP contribution in [0.25, 0.3) is 0 Å². The molecular formula is C11H14BrClN2O. The van der Waals surface area contributed by atoms with Gasteiger partial charge in [-0.05, 0) is 24.6 Å². The highest BCUT2D eigenvalue weighted by Gasteiger charge is 2.11. The zero-order valence-electron chi connectivity index (χ0n) is 8.97. The monoisotopic (exact) mass is 304 g/mol. The van der Waals surface area contributed by atoms with Gasteiger partial charge in [0.2, 0.25) is 0 Å². The molecule has 1 unspecified atom stereocenters. The van der Waals surface area contributed by atoms with Gasteiger partial charge in [0.1, 0.15) is 0 Å². The number of nitrogens with two attached hydrogens (primary N) is 1. The van der Waals surface area contributed by atoms with E-state index in [2.05, 4.69) is 21.2 Å². The molecule has 1 aromatic rings. The molecule has 3 nitrogen and oxygen atoms in total. The second kappa shape index (κ2) is 6.23. The van der Waals surface area contributed by atoms with E-state index in [0.29, 0.717) is 17.1 Å². The third-order valence-electron chi connectivity index (χ3n) is 2.22. The van der Waals surface area contributed by atoms with Crippen molar-refractivity contribution in [2.24, 2.45) is 5.73 Å². The molecule has 0 aromatic heterocycles. The Morgan fingerprint density at radius 1 is 1.62 bits per heavy atom. The molecule has 0 bridgehead atoms. The maximum atomic E-state index is 11.8. The molecule has 3 N–H and O–H groups in total. The smallest absolute Gasteiger partial charge is 0.252 e. The van der Waals surface area contributed by atoms with Crippen LogP contribution in [0.4, 0.5) is 0 Å². The predicted molar refractivity (Wildman–Crippen MR) is 69.8 cm³/mol. The van der Waals surface area contributed by atoms with E-state index in [-0.39, 0.29) is 11.9 Å². The fraction of sp³-hybridized carbons (Fsp3) is 0.364. The minimum absolute atomic E-state index is 0.0186. The summed E-state index contributed by atoms with van der Waals surface area (Å²) in [5.41, 5.74) is 6.17. The van der Waals surface area contributed by atoms with E-state index >= 15 is 0 Å². The molecular weight excluding hydrogens is 291 g/mol. The summed E-state index contributed by atoms with van der Waals surface area (Å²) in [5.74, 6) is -0.199. The standard InChI is InChI=1S/C11H14BrClN2O/c1-2-8(14)6-15-11(16)9-5-7(12)3-4-10(9)13/h3-5,8H,2,6,14H2,1H3,(H,15,16). The van der Waals surface area contributed by atoms with E-state index < -0.39 is 0 Å².